The van der Waals surface area contributed by atoms with Gasteiger partial charge in [0.2, 0.25) is 5.89 Å². The van der Waals surface area contributed by atoms with Crippen LogP contribution in [0.1, 0.15) is 29.9 Å². The third kappa shape index (κ3) is 3.15. The molecule has 0 saturated heterocycles. The van der Waals surface area contributed by atoms with Crippen LogP contribution in [-0.4, -0.2) is 16.2 Å². The predicted molar refractivity (Wildman–Crippen MR) is 63.4 cm³/mol. The minimum Gasteiger partial charge on any atom is -0.339 e. The molecule has 0 aliphatic carbocycles. The summed E-state index contributed by atoms with van der Waals surface area (Å²) in [4.78, 5) is 5.58. The lowest BCUT2D eigenvalue weighted by atomic mass is 10.2. The monoisotopic (exact) mass is 237 g/mol. The summed E-state index contributed by atoms with van der Waals surface area (Å²) in [5, 5.41) is 6.00. The van der Waals surface area contributed by atoms with E-state index >= 15 is 0 Å². The van der Waals surface area contributed by atoms with E-state index in [2.05, 4.69) is 16.2 Å². The largest absolute Gasteiger partial charge is 0.339 e. The number of thiophene rings is 1. The van der Waals surface area contributed by atoms with Crippen LogP contribution in [0.2, 0.25) is 0 Å². The molecule has 2 rings (SSSR count). The van der Waals surface area contributed by atoms with Crippen molar-refractivity contribution in [2.75, 3.05) is 0 Å². The zero-order chi connectivity index (χ0) is 11.4. The molecule has 1 unspecified atom stereocenters. The van der Waals surface area contributed by atoms with Crippen molar-refractivity contribution in [1.29, 1.82) is 0 Å². The number of nitrogens with two attached hydrogens (primary N) is 1. The van der Waals surface area contributed by atoms with Crippen molar-refractivity contribution in [3.63, 3.8) is 0 Å². The van der Waals surface area contributed by atoms with Gasteiger partial charge in [-0.05, 0) is 24.8 Å². The maximum atomic E-state index is 5.67. The van der Waals surface area contributed by atoms with Crippen molar-refractivity contribution in [2.45, 2.75) is 32.2 Å². The fourth-order valence-electron chi connectivity index (χ4n) is 1.38. The highest BCUT2D eigenvalue weighted by Gasteiger charge is 2.08. The normalized spacial score (nSPS) is 12.9. The second kappa shape index (κ2) is 5.23. The quantitative estimate of drug-likeness (QED) is 0.863. The van der Waals surface area contributed by atoms with E-state index in [1.54, 1.807) is 11.3 Å². The molecule has 2 aromatic rings. The average molecular weight is 237 g/mol. The second-order valence-corrected chi connectivity index (χ2v) is 4.91. The summed E-state index contributed by atoms with van der Waals surface area (Å²) < 4.78 is 5.15. The van der Waals surface area contributed by atoms with Gasteiger partial charge in [-0.25, -0.2) is 0 Å². The molecule has 86 valence electrons. The van der Waals surface area contributed by atoms with Crippen molar-refractivity contribution >= 4 is 11.3 Å². The van der Waals surface area contributed by atoms with Gasteiger partial charge in [-0.15, -0.1) is 11.3 Å². The summed E-state index contributed by atoms with van der Waals surface area (Å²) in [5.41, 5.74) is 5.67. The van der Waals surface area contributed by atoms with E-state index in [-0.39, 0.29) is 6.04 Å². The molecule has 0 aliphatic heterocycles. The van der Waals surface area contributed by atoms with Crippen molar-refractivity contribution in [3.8, 4) is 0 Å². The third-order valence-electron chi connectivity index (χ3n) is 2.24. The van der Waals surface area contributed by atoms with E-state index in [1.807, 2.05) is 18.4 Å². The van der Waals surface area contributed by atoms with Crippen LogP contribution in [0.4, 0.5) is 0 Å². The molecule has 0 radical (unpaired) electrons. The van der Waals surface area contributed by atoms with Crippen LogP contribution in [0, 0.1) is 0 Å². The van der Waals surface area contributed by atoms with Gasteiger partial charge in [0.05, 0.1) is 0 Å². The molecule has 2 aromatic heterocycles. The summed E-state index contributed by atoms with van der Waals surface area (Å²) in [6.07, 6.45) is 2.38. The molecule has 1 atom stereocenters. The molecular weight excluding hydrogens is 222 g/mol. The summed E-state index contributed by atoms with van der Waals surface area (Å²) >= 11 is 1.70. The van der Waals surface area contributed by atoms with Gasteiger partial charge in [0.1, 0.15) is 0 Å². The van der Waals surface area contributed by atoms with Gasteiger partial charge >= 0.3 is 0 Å². The topological polar surface area (TPSA) is 64.9 Å². The smallest absolute Gasteiger partial charge is 0.226 e. The molecule has 4 nitrogen and oxygen atoms in total. The van der Waals surface area contributed by atoms with Crippen LogP contribution in [0.3, 0.4) is 0 Å². The highest BCUT2D eigenvalue weighted by Crippen LogP contribution is 2.13. The van der Waals surface area contributed by atoms with Crippen LogP contribution in [-0.2, 0) is 12.8 Å². The lowest BCUT2D eigenvalue weighted by molar-refractivity contribution is 0.368. The molecule has 0 fully saturated rings. The van der Waals surface area contributed by atoms with E-state index in [9.17, 15) is 0 Å². The van der Waals surface area contributed by atoms with E-state index in [0.717, 1.165) is 25.1 Å². The van der Waals surface area contributed by atoms with Crippen LogP contribution in [0.15, 0.2) is 22.0 Å². The van der Waals surface area contributed by atoms with Gasteiger partial charge in [0.25, 0.3) is 0 Å². The summed E-state index contributed by atoms with van der Waals surface area (Å²) in [6, 6.07) is 4.27. The van der Waals surface area contributed by atoms with Gasteiger partial charge in [0, 0.05) is 23.8 Å². The Morgan fingerprint density at radius 2 is 2.44 bits per heavy atom. The number of aryl methyl sites for hydroxylation is 1. The van der Waals surface area contributed by atoms with Crippen molar-refractivity contribution in [2.24, 2.45) is 5.73 Å². The number of nitrogens with zero attached hydrogens (tertiary/aromatic N) is 2. The average Bonchev–Trinajstić information content (AvgIpc) is 2.87. The highest BCUT2D eigenvalue weighted by molar-refractivity contribution is 7.09. The lowest BCUT2D eigenvalue weighted by Crippen LogP contribution is -2.15. The van der Waals surface area contributed by atoms with Gasteiger partial charge in [-0.2, -0.15) is 4.98 Å². The molecule has 0 aromatic carbocycles. The Kier molecular flexibility index (Phi) is 3.69. The predicted octanol–water partition coefficient (Wildman–Crippen LogP) is 2.00. The van der Waals surface area contributed by atoms with E-state index in [4.69, 9.17) is 10.3 Å². The SMILES string of the molecule is CC(N)CCc1nc(Cc2cccs2)no1. The zero-order valence-electron chi connectivity index (χ0n) is 9.22. The first-order valence-corrected chi connectivity index (χ1v) is 6.21. The maximum absolute atomic E-state index is 5.67. The molecule has 2 heterocycles. The van der Waals surface area contributed by atoms with Crippen molar-refractivity contribution in [3.05, 3.63) is 34.1 Å². The second-order valence-electron chi connectivity index (χ2n) is 3.88. The van der Waals surface area contributed by atoms with Crippen molar-refractivity contribution < 1.29 is 4.52 Å². The van der Waals surface area contributed by atoms with Crippen molar-refractivity contribution in [1.82, 2.24) is 10.1 Å². The Morgan fingerprint density at radius 1 is 1.56 bits per heavy atom. The first-order chi connectivity index (χ1) is 7.74. The highest BCUT2D eigenvalue weighted by atomic mass is 32.1. The summed E-state index contributed by atoms with van der Waals surface area (Å²) in [5.74, 6) is 1.44. The molecule has 0 bridgehead atoms. The maximum Gasteiger partial charge on any atom is 0.226 e. The fourth-order valence-corrected chi connectivity index (χ4v) is 2.09. The molecule has 2 N–H and O–H groups in total. The Balaban J connectivity index is 1.92. The minimum absolute atomic E-state index is 0.174. The van der Waals surface area contributed by atoms with Crippen LogP contribution < -0.4 is 5.73 Å². The Labute approximate surface area is 98.5 Å². The Morgan fingerprint density at radius 3 is 3.12 bits per heavy atom. The molecule has 0 amide bonds. The minimum atomic E-state index is 0.174. The number of rotatable bonds is 5. The summed E-state index contributed by atoms with van der Waals surface area (Å²) in [6.45, 7) is 1.98. The lowest BCUT2D eigenvalue weighted by Gasteiger charge is -1.99. The molecule has 16 heavy (non-hydrogen) atoms. The van der Waals surface area contributed by atoms with E-state index in [0.29, 0.717) is 5.89 Å². The number of aromatic nitrogens is 2. The third-order valence-corrected chi connectivity index (χ3v) is 3.11. The van der Waals surface area contributed by atoms with Gasteiger partial charge in [0.15, 0.2) is 5.82 Å². The fraction of sp³-hybridized carbons (Fsp3) is 0.455. The Hall–Kier alpha value is -1.20. The molecule has 0 spiro atoms. The van der Waals surface area contributed by atoms with Crippen LogP contribution >= 0.6 is 11.3 Å². The van der Waals surface area contributed by atoms with Crippen LogP contribution in [0.5, 0.6) is 0 Å². The first-order valence-electron chi connectivity index (χ1n) is 5.33. The van der Waals surface area contributed by atoms with Crippen LogP contribution in [0.25, 0.3) is 0 Å². The molecular formula is C11H15N3OS. The van der Waals surface area contributed by atoms with E-state index in [1.165, 1.54) is 4.88 Å². The van der Waals surface area contributed by atoms with Gasteiger partial charge < -0.3 is 10.3 Å². The molecule has 0 aliphatic rings. The summed E-state index contributed by atoms with van der Waals surface area (Å²) in [7, 11) is 0. The zero-order valence-corrected chi connectivity index (χ0v) is 10.0. The van der Waals surface area contributed by atoms with Gasteiger partial charge in [-0.3, -0.25) is 0 Å². The molecule has 5 heteroatoms. The standard InChI is InChI=1S/C11H15N3OS/c1-8(12)4-5-11-13-10(14-15-11)7-9-3-2-6-16-9/h2-3,6,8H,4-5,7,12H2,1H3. The van der Waals surface area contributed by atoms with E-state index < -0.39 is 0 Å². The number of hydrogen-bond acceptors (Lipinski definition) is 5. The van der Waals surface area contributed by atoms with Gasteiger partial charge in [-0.1, -0.05) is 11.2 Å². The number of hydrogen-bond donors (Lipinski definition) is 1. The first kappa shape index (κ1) is 11.3. The Bertz CT molecular complexity index is 422. The molecule has 0 saturated carbocycles.